The molecular formula is C25H31N3O3. The van der Waals surface area contributed by atoms with Crippen molar-refractivity contribution < 1.29 is 14.3 Å². The summed E-state index contributed by atoms with van der Waals surface area (Å²) in [5.74, 6) is 1.39. The van der Waals surface area contributed by atoms with Crippen LogP contribution >= 0.6 is 0 Å². The van der Waals surface area contributed by atoms with Gasteiger partial charge in [0.25, 0.3) is 5.91 Å². The molecule has 0 fully saturated rings. The highest BCUT2D eigenvalue weighted by atomic mass is 16.5. The number of fused-ring (bicyclic) bond motifs is 1. The number of aromatic nitrogens is 1. The van der Waals surface area contributed by atoms with Gasteiger partial charge in [-0.2, -0.15) is 0 Å². The van der Waals surface area contributed by atoms with Crippen LogP contribution in [0.4, 0.5) is 0 Å². The Morgan fingerprint density at radius 1 is 1.10 bits per heavy atom. The number of carbonyl (C=O) groups excluding carboxylic acids is 1. The second kappa shape index (κ2) is 10.8. The van der Waals surface area contributed by atoms with E-state index in [0.717, 1.165) is 47.6 Å². The van der Waals surface area contributed by atoms with Gasteiger partial charge >= 0.3 is 0 Å². The van der Waals surface area contributed by atoms with Crippen LogP contribution in [0.3, 0.4) is 0 Å². The molecule has 0 bridgehead atoms. The van der Waals surface area contributed by atoms with Gasteiger partial charge in [-0.1, -0.05) is 32.0 Å². The van der Waals surface area contributed by atoms with Crippen LogP contribution in [0, 0.1) is 6.92 Å². The van der Waals surface area contributed by atoms with Crippen LogP contribution in [0.5, 0.6) is 11.5 Å². The molecule has 6 nitrogen and oxygen atoms in total. The van der Waals surface area contributed by atoms with E-state index in [1.165, 1.54) is 0 Å². The van der Waals surface area contributed by atoms with Crippen molar-refractivity contribution in [1.82, 2.24) is 15.2 Å². The first-order chi connectivity index (χ1) is 15.0. The molecular weight excluding hydrogens is 390 g/mol. The van der Waals surface area contributed by atoms with Crippen LogP contribution in [0.1, 0.15) is 35.5 Å². The molecule has 0 unspecified atom stereocenters. The van der Waals surface area contributed by atoms with Crippen LogP contribution in [0.2, 0.25) is 0 Å². The topological polar surface area (TPSA) is 63.7 Å². The summed E-state index contributed by atoms with van der Waals surface area (Å²) in [5, 5.41) is 3.91. The van der Waals surface area contributed by atoms with Crippen molar-refractivity contribution in [2.45, 2.75) is 27.3 Å². The number of ether oxygens (including phenoxy) is 2. The SMILES string of the molecule is CCN(CC)CCOc1ccccc1CNC(=O)c1cc2ccc(OC)cc2nc1C. The normalized spacial score (nSPS) is 11.0. The second-order valence-corrected chi connectivity index (χ2v) is 7.35. The van der Waals surface area contributed by atoms with Crippen molar-refractivity contribution >= 4 is 16.8 Å². The predicted molar refractivity (Wildman–Crippen MR) is 124 cm³/mol. The second-order valence-electron chi connectivity index (χ2n) is 7.35. The number of hydrogen-bond acceptors (Lipinski definition) is 5. The highest BCUT2D eigenvalue weighted by molar-refractivity contribution is 5.98. The van der Waals surface area contributed by atoms with Gasteiger partial charge in [0.2, 0.25) is 0 Å². The molecule has 0 aliphatic rings. The molecule has 3 rings (SSSR count). The highest BCUT2D eigenvalue weighted by Crippen LogP contribution is 2.22. The van der Waals surface area contributed by atoms with Crippen molar-refractivity contribution in [3.63, 3.8) is 0 Å². The molecule has 1 amide bonds. The Balaban J connectivity index is 1.67. The number of carbonyl (C=O) groups is 1. The van der Waals surface area contributed by atoms with E-state index in [4.69, 9.17) is 9.47 Å². The van der Waals surface area contributed by atoms with Crippen LogP contribution in [0.15, 0.2) is 48.5 Å². The zero-order valence-electron chi connectivity index (χ0n) is 18.8. The number of benzene rings is 2. The molecule has 0 aliphatic carbocycles. The molecule has 0 atom stereocenters. The van der Waals surface area contributed by atoms with Crippen LogP contribution in [-0.2, 0) is 6.54 Å². The molecule has 1 heterocycles. The molecule has 0 saturated heterocycles. The maximum atomic E-state index is 12.9. The average Bonchev–Trinajstić information content (AvgIpc) is 2.80. The third-order valence-corrected chi connectivity index (χ3v) is 5.43. The van der Waals surface area contributed by atoms with Crippen molar-refractivity contribution in [1.29, 1.82) is 0 Å². The van der Waals surface area contributed by atoms with Gasteiger partial charge in [0.05, 0.1) is 23.9 Å². The number of hydrogen-bond donors (Lipinski definition) is 1. The first-order valence-corrected chi connectivity index (χ1v) is 10.7. The average molecular weight is 422 g/mol. The van der Waals surface area contributed by atoms with Gasteiger partial charge in [0, 0.05) is 30.1 Å². The van der Waals surface area contributed by atoms with Gasteiger partial charge in [-0.05, 0) is 44.3 Å². The molecule has 0 spiro atoms. The zero-order chi connectivity index (χ0) is 22.2. The summed E-state index contributed by atoms with van der Waals surface area (Å²) >= 11 is 0. The van der Waals surface area contributed by atoms with Gasteiger partial charge in [-0.25, -0.2) is 0 Å². The summed E-state index contributed by atoms with van der Waals surface area (Å²) in [5.41, 5.74) is 3.01. The summed E-state index contributed by atoms with van der Waals surface area (Å²) < 4.78 is 11.3. The number of amides is 1. The predicted octanol–water partition coefficient (Wildman–Crippen LogP) is 4.20. The third kappa shape index (κ3) is 5.73. The number of methoxy groups -OCH3 is 1. The van der Waals surface area contributed by atoms with Gasteiger partial charge in [-0.3, -0.25) is 9.78 Å². The standard InChI is InChI=1S/C25H31N3O3/c1-5-28(6-2)13-14-31-24-10-8-7-9-20(24)17-26-25(29)22-15-19-11-12-21(30-4)16-23(19)27-18(22)3/h7-12,15-16H,5-6,13-14,17H2,1-4H3,(H,26,29). The molecule has 6 heteroatoms. The van der Waals surface area contributed by atoms with E-state index in [-0.39, 0.29) is 5.91 Å². The minimum atomic E-state index is -0.152. The van der Waals surface area contributed by atoms with E-state index in [0.29, 0.717) is 24.4 Å². The van der Waals surface area contributed by atoms with Crippen LogP contribution in [-0.4, -0.2) is 49.1 Å². The van der Waals surface area contributed by atoms with Crippen molar-refractivity contribution in [2.24, 2.45) is 0 Å². The lowest BCUT2D eigenvalue weighted by atomic mass is 10.1. The maximum absolute atomic E-state index is 12.9. The van der Waals surface area contributed by atoms with Gasteiger partial charge in [0.15, 0.2) is 0 Å². The van der Waals surface area contributed by atoms with E-state index in [9.17, 15) is 4.79 Å². The number of aryl methyl sites for hydroxylation is 1. The Morgan fingerprint density at radius 2 is 1.87 bits per heavy atom. The molecule has 1 aromatic heterocycles. The number of nitrogens with zero attached hydrogens (tertiary/aromatic N) is 2. The number of likely N-dealkylation sites (N-methyl/N-ethyl adjacent to an activating group) is 1. The molecule has 0 aliphatic heterocycles. The quantitative estimate of drug-likeness (QED) is 0.531. The summed E-state index contributed by atoms with van der Waals surface area (Å²) in [6.45, 7) is 10.0. The lowest BCUT2D eigenvalue weighted by Crippen LogP contribution is -2.28. The lowest BCUT2D eigenvalue weighted by molar-refractivity contribution is 0.0949. The Morgan fingerprint density at radius 3 is 2.61 bits per heavy atom. The molecule has 2 aromatic carbocycles. The van der Waals surface area contributed by atoms with Crippen LogP contribution < -0.4 is 14.8 Å². The smallest absolute Gasteiger partial charge is 0.253 e. The monoisotopic (exact) mass is 421 g/mol. The van der Waals surface area contributed by atoms with Crippen molar-refractivity contribution in [3.05, 3.63) is 65.4 Å². The first-order valence-electron chi connectivity index (χ1n) is 10.7. The summed E-state index contributed by atoms with van der Waals surface area (Å²) in [7, 11) is 1.63. The fraction of sp³-hybridized carbons (Fsp3) is 0.360. The van der Waals surface area contributed by atoms with Crippen molar-refractivity contribution in [3.8, 4) is 11.5 Å². The molecule has 0 saturated carbocycles. The number of rotatable bonds is 10. The van der Waals surface area contributed by atoms with E-state index < -0.39 is 0 Å². The highest BCUT2D eigenvalue weighted by Gasteiger charge is 2.13. The largest absolute Gasteiger partial charge is 0.497 e. The lowest BCUT2D eigenvalue weighted by Gasteiger charge is -2.19. The van der Waals surface area contributed by atoms with E-state index >= 15 is 0 Å². The van der Waals surface area contributed by atoms with E-state index in [1.54, 1.807) is 7.11 Å². The van der Waals surface area contributed by atoms with E-state index in [2.05, 4.69) is 29.0 Å². The molecule has 1 N–H and O–H groups in total. The first kappa shape index (κ1) is 22.6. The van der Waals surface area contributed by atoms with E-state index in [1.807, 2.05) is 55.5 Å². The minimum absolute atomic E-state index is 0.152. The third-order valence-electron chi connectivity index (χ3n) is 5.43. The Hall–Kier alpha value is -3.12. The summed E-state index contributed by atoms with van der Waals surface area (Å²) in [6.07, 6.45) is 0. The van der Waals surface area contributed by atoms with Crippen molar-refractivity contribution in [2.75, 3.05) is 33.4 Å². The molecule has 164 valence electrons. The summed E-state index contributed by atoms with van der Waals surface area (Å²) in [6, 6.07) is 15.3. The number of para-hydroxylation sites is 1. The Labute approximate surface area is 184 Å². The number of pyridine rings is 1. The fourth-order valence-corrected chi connectivity index (χ4v) is 3.49. The van der Waals surface area contributed by atoms with Gasteiger partial charge in [-0.15, -0.1) is 0 Å². The van der Waals surface area contributed by atoms with Crippen LogP contribution in [0.25, 0.3) is 10.9 Å². The Bertz CT molecular complexity index is 1030. The van der Waals surface area contributed by atoms with Gasteiger partial charge < -0.3 is 19.7 Å². The molecule has 31 heavy (non-hydrogen) atoms. The summed E-state index contributed by atoms with van der Waals surface area (Å²) in [4.78, 5) is 19.8. The number of nitrogens with one attached hydrogen (secondary N) is 1. The van der Waals surface area contributed by atoms with Gasteiger partial charge in [0.1, 0.15) is 18.1 Å². The fourth-order valence-electron chi connectivity index (χ4n) is 3.49. The Kier molecular flexibility index (Phi) is 7.84. The molecule has 3 aromatic rings. The minimum Gasteiger partial charge on any atom is -0.497 e. The molecule has 0 radical (unpaired) electrons. The zero-order valence-corrected chi connectivity index (χ0v) is 18.8. The maximum Gasteiger partial charge on any atom is 0.253 e.